The molecule has 1 aliphatic rings. The maximum Gasteiger partial charge on any atom is 0.242 e. The Morgan fingerprint density at radius 3 is 3.04 bits per heavy atom. The Balaban J connectivity index is 1.91. The molecule has 7 heteroatoms. The van der Waals surface area contributed by atoms with E-state index in [0.717, 1.165) is 5.56 Å². The fourth-order valence-corrected chi connectivity index (χ4v) is 2.25. The molecule has 0 spiro atoms. The number of amides is 2. The van der Waals surface area contributed by atoms with Crippen LogP contribution in [0.15, 0.2) is 36.0 Å². The second-order valence-electron chi connectivity index (χ2n) is 5.14. The number of para-hydroxylation sites is 1. The number of allylic oxidation sites excluding steroid dienone is 1. The maximum atomic E-state index is 11.8. The summed E-state index contributed by atoms with van der Waals surface area (Å²) in [6, 6.07) is 4.73. The molecule has 0 bridgehead atoms. The van der Waals surface area contributed by atoms with Crippen LogP contribution in [0.2, 0.25) is 0 Å². The van der Waals surface area contributed by atoms with Crippen LogP contribution in [0.5, 0.6) is 5.75 Å². The molecule has 2 rings (SSSR count). The molecule has 1 aromatic carbocycles. The monoisotopic (exact) mass is 316 g/mol. The van der Waals surface area contributed by atoms with Gasteiger partial charge in [-0.05, 0) is 18.1 Å². The van der Waals surface area contributed by atoms with Crippen LogP contribution in [0, 0.1) is 0 Å². The summed E-state index contributed by atoms with van der Waals surface area (Å²) in [5, 5.41) is 19.5. The van der Waals surface area contributed by atoms with Gasteiger partial charge < -0.3 is 15.7 Å². The molecule has 7 nitrogen and oxygen atoms in total. The molecule has 1 atom stereocenters. The Bertz CT molecular complexity index is 628. The first-order chi connectivity index (χ1) is 11.1. The second-order valence-corrected chi connectivity index (χ2v) is 5.14. The second kappa shape index (κ2) is 8.09. The summed E-state index contributed by atoms with van der Waals surface area (Å²) in [7, 11) is 0. The number of piperazine rings is 1. The Morgan fingerprint density at radius 1 is 1.48 bits per heavy atom. The quantitative estimate of drug-likeness (QED) is 0.338. The third kappa shape index (κ3) is 4.65. The summed E-state index contributed by atoms with van der Waals surface area (Å²) in [5.74, 6) is -0.457. The van der Waals surface area contributed by atoms with Gasteiger partial charge in [0, 0.05) is 18.7 Å². The predicted molar refractivity (Wildman–Crippen MR) is 87.2 cm³/mol. The van der Waals surface area contributed by atoms with Crippen LogP contribution in [0.1, 0.15) is 17.5 Å². The fourth-order valence-electron chi connectivity index (χ4n) is 2.25. The molecule has 0 unspecified atom stereocenters. The van der Waals surface area contributed by atoms with E-state index in [1.54, 1.807) is 24.3 Å². The number of benzene rings is 1. The van der Waals surface area contributed by atoms with E-state index < -0.39 is 6.04 Å². The van der Waals surface area contributed by atoms with Crippen molar-refractivity contribution in [2.24, 2.45) is 5.10 Å². The van der Waals surface area contributed by atoms with Crippen LogP contribution in [0.4, 0.5) is 0 Å². The number of carbonyl (C=O) groups excluding carboxylic acids is 2. The summed E-state index contributed by atoms with van der Waals surface area (Å²) in [4.78, 5) is 23.3. The first-order valence-electron chi connectivity index (χ1n) is 7.36. The van der Waals surface area contributed by atoms with Gasteiger partial charge in [-0.1, -0.05) is 18.2 Å². The fraction of sp³-hybridized carbons (Fsp3) is 0.312. The zero-order valence-corrected chi connectivity index (χ0v) is 12.7. The molecule has 23 heavy (non-hydrogen) atoms. The standard InChI is InChI=1S/C16H20N4O3/c1-2-4-11-5-3-6-12(15(11)22)10-19-20-14(21)9-13-16(23)18-8-7-17-13/h2-3,5-6,10,13,17,22H,1,4,7-9H2,(H,18,23)(H,20,21)/b19-10-/t13-/m0/s1. The number of carbonyl (C=O) groups is 2. The van der Waals surface area contributed by atoms with E-state index in [0.29, 0.717) is 25.1 Å². The minimum atomic E-state index is -0.539. The van der Waals surface area contributed by atoms with Crippen LogP contribution >= 0.6 is 0 Å². The number of hydrogen-bond acceptors (Lipinski definition) is 5. The Kier molecular flexibility index (Phi) is 5.87. The van der Waals surface area contributed by atoms with Crippen molar-refractivity contribution >= 4 is 18.0 Å². The molecule has 1 aromatic rings. The predicted octanol–water partition coefficient (Wildman–Crippen LogP) is 0.0489. The Morgan fingerprint density at radius 2 is 2.30 bits per heavy atom. The van der Waals surface area contributed by atoms with Gasteiger partial charge in [-0.15, -0.1) is 6.58 Å². The van der Waals surface area contributed by atoms with E-state index in [1.807, 2.05) is 0 Å². The topological polar surface area (TPSA) is 103 Å². The van der Waals surface area contributed by atoms with Gasteiger partial charge in [0.2, 0.25) is 11.8 Å². The van der Waals surface area contributed by atoms with Crippen LogP contribution in [0.3, 0.4) is 0 Å². The summed E-state index contributed by atoms with van der Waals surface area (Å²) in [6.07, 6.45) is 3.61. The number of phenolic OH excluding ortho intramolecular Hbond substituents is 1. The summed E-state index contributed by atoms with van der Waals surface area (Å²) in [6.45, 7) is 4.83. The number of hydrazone groups is 1. The number of nitrogens with one attached hydrogen (secondary N) is 3. The van der Waals surface area contributed by atoms with E-state index in [4.69, 9.17) is 0 Å². The van der Waals surface area contributed by atoms with E-state index in [1.165, 1.54) is 6.21 Å². The van der Waals surface area contributed by atoms with Gasteiger partial charge in [0.15, 0.2) is 0 Å². The highest BCUT2D eigenvalue weighted by atomic mass is 16.3. The lowest BCUT2D eigenvalue weighted by Gasteiger charge is -2.22. The SMILES string of the molecule is C=CCc1cccc(/C=N\NC(=O)C[C@@H]2NCCNC2=O)c1O. The van der Waals surface area contributed by atoms with Crippen molar-refractivity contribution in [3.05, 3.63) is 42.0 Å². The number of hydrogen-bond donors (Lipinski definition) is 4. The molecule has 0 radical (unpaired) electrons. The van der Waals surface area contributed by atoms with Crippen molar-refractivity contribution < 1.29 is 14.7 Å². The minimum Gasteiger partial charge on any atom is -0.507 e. The lowest BCUT2D eigenvalue weighted by atomic mass is 10.1. The zero-order chi connectivity index (χ0) is 16.7. The van der Waals surface area contributed by atoms with E-state index in [9.17, 15) is 14.7 Å². The van der Waals surface area contributed by atoms with E-state index in [2.05, 4.69) is 27.7 Å². The van der Waals surface area contributed by atoms with E-state index in [-0.39, 0.29) is 24.0 Å². The van der Waals surface area contributed by atoms with Gasteiger partial charge in [-0.25, -0.2) is 5.43 Å². The molecular formula is C16H20N4O3. The molecule has 1 fully saturated rings. The molecule has 1 heterocycles. The largest absolute Gasteiger partial charge is 0.507 e. The smallest absolute Gasteiger partial charge is 0.242 e. The third-order valence-electron chi connectivity index (χ3n) is 3.43. The number of nitrogens with zero attached hydrogens (tertiary/aromatic N) is 1. The van der Waals surface area contributed by atoms with Gasteiger partial charge in [0.05, 0.1) is 18.7 Å². The molecule has 0 aromatic heterocycles. The Hall–Kier alpha value is -2.67. The van der Waals surface area contributed by atoms with Crippen molar-refractivity contribution in [3.8, 4) is 5.75 Å². The molecule has 1 saturated heterocycles. The highest BCUT2D eigenvalue weighted by Gasteiger charge is 2.23. The van der Waals surface area contributed by atoms with Crippen LogP contribution in [0.25, 0.3) is 0 Å². The van der Waals surface area contributed by atoms with Crippen LogP contribution in [-0.2, 0) is 16.0 Å². The van der Waals surface area contributed by atoms with Crippen LogP contribution < -0.4 is 16.1 Å². The van der Waals surface area contributed by atoms with Gasteiger partial charge in [0.1, 0.15) is 5.75 Å². The lowest BCUT2D eigenvalue weighted by molar-refractivity contribution is -0.129. The van der Waals surface area contributed by atoms with Gasteiger partial charge >= 0.3 is 0 Å². The molecule has 4 N–H and O–H groups in total. The summed E-state index contributed by atoms with van der Waals surface area (Å²) in [5.41, 5.74) is 3.59. The first-order valence-corrected chi connectivity index (χ1v) is 7.36. The number of phenols is 1. The van der Waals surface area contributed by atoms with Crippen molar-refractivity contribution in [3.63, 3.8) is 0 Å². The van der Waals surface area contributed by atoms with Gasteiger partial charge in [-0.3, -0.25) is 9.59 Å². The molecule has 1 aliphatic heterocycles. The van der Waals surface area contributed by atoms with Gasteiger partial charge in [-0.2, -0.15) is 5.10 Å². The average molecular weight is 316 g/mol. The normalized spacial score (nSPS) is 17.7. The molecular weight excluding hydrogens is 296 g/mol. The molecule has 122 valence electrons. The van der Waals surface area contributed by atoms with Crippen molar-refractivity contribution in [2.75, 3.05) is 13.1 Å². The summed E-state index contributed by atoms with van der Waals surface area (Å²) < 4.78 is 0. The average Bonchev–Trinajstić information content (AvgIpc) is 2.53. The van der Waals surface area contributed by atoms with Crippen molar-refractivity contribution in [1.29, 1.82) is 0 Å². The Labute approximate surface area is 134 Å². The van der Waals surface area contributed by atoms with Crippen LogP contribution in [-0.4, -0.2) is 42.3 Å². The maximum absolute atomic E-state index is 11.8. The number of aromatic hydroxyl groups is 1. The highest BCUT2D eigenvalue weighted by molar-refractivity contribution is 5.90. The third-order valence-corrected chi connectivity index (χ3v) is 3.43. The van der Waals surface area contributed by atoms with Crippen molar-refractivity contribution in [2.45, 2.75) is 18.9 Å². The highest BCUT2D eigenvalue weighted by Crippen LogP contribution is 2.21. The summed E-state index contributed by atoms with van der Waals surface area (Å²) >= 11 is 0. The molecule has 0 saturated carbocycles. The zero-order valence-electron chi connectivity index (χ0n) is 12.7. The number of rotatable bonds is 6. The molecule has 0 aliphatic carbocycles. The van der Waals surface area contributed by atoms with Crippen molar-refractivity contribution in [1.82, 2.24) is 16.1 Å². The lowest BCUT2D eigenvalue weighted by Crippen LogP contribution is -2.54. The molecule has 2 amide bonds. The first kappa shape index (κ1) is 16.7. The van der Waals surface area contributed by atoms with E-state index >= 15 is 0 Å². The van der Waals surface area contributed by atoms with Gasteiger partial charge in [0.25, 0.3) is 0 Å². The minimum absolute atomic E-state index is 0.00561.